The maximum Gasteiger partial charge on any atom is 0.257 e. The van der Waals surface area contributed by atoms with Gasteiger partial charge in [-0.15, -0.1) is 0 Å². The lowest BCUT2D eigenvalue weighted by Crippen LogP contribution is -2.55. The molecule has 1 aromatic heterocycles. The van der Waals surface area contributed by atoms with Gasteiger partial charge in [-0.2, -0.15) is 0 Å². The second kappa shape index (κ2) is 6.35. The molecule has 2 fully saturated rings. The zero-order valence-corrected chi connectivity index (χ0v) is 14.1. The van der Waals surface area contributed by atoms with Gasteiger partial charge in [-0.3, -0.25) is 9.59 Å². The molecule has 0 aromatic carbocycles. The molecule has 6 nitrogen and oxygen atoms in total. The van der Waals surface area contributed by atoms with Crippen molar-refractivity contribution in [3.8, 4) is 0 Å². The molecular weight excluding hydrogens is 294 g/mol. The number of carbonyl (C=O) groups excluding carboxylic acids is 2. The number of rotatable bonds is 3. The first-order valence-electron chi connectivity index (χ1n) is 8.33. The van der Waals surface area contributed by atoms with Gasteiger partial charge in [-0.05, 0) is 38.9 Å². The molecule has 1 atom stereocenters. The first-order valence-corrected chi connectivity index (χ1v) is 8.33. The quantitative estimate of drug-likeness (QED) is 0.904. The summed E-state index contributed by atoms with van der Waals surface area (Å²) in [6.45, 7) is 9.95. The fraction of sp³-hybridized carbons (Fsp3) is 0.647. The van der Waals surface area contributed by atoms with Crippen molar-refractivity contribution in [1.82, 2.24) is 15.1 Å². The number of piperazine rings is 1. The molecule has 1 N–H and O–H groups in total. The molecule has 23 heavy (non-hydrogen) atoms. The van der Waals surface area contributed by atoms with Crippen molar-refractivity contribution >= 4 is 11.8 Å². The van der Waals surface area contributed by atoms with E-state index in [2.05, 4.69) is 5.32 Å². The summed E-state index contributed by atoms with van der Waals surface area (Å²) in [5, 5.41) is 3.21. The highest BCUT2D eigenvalue weighted by molar-refractivity contribution is 5.95. The van der Waals surface area contributed by atoms with Gasteiger partial charge < -0.3 is 19.5 Å². The van der Waals surface area contributed by atoms with Gasteiger partial charge in [0.05, 0.1) is 5.56 Å². The summed E-state index contributed by atoms with van der Waals surface area (Å²) >= 11 is 0. The lowest BCUT2D eigenvalue weighted by atomic mass is 9.88. The molecule has 126 valence electrons. The number of amides is 2. The van der Waals surface area contributed by atoms with Gasteiger partial charge in [0.1, 0.15) is 11.5 Å². The van der Waals surface area contributed by atoms with Crippen LogP contribution in [0.25, 0.3) is 0 Å². The third-order valence-electron chi connectivity index (χ3n) is 5.06. The Hall–Kier alpha value is -1.82. The van der Waals surface area contributed by atoms with Crippen LogP contribution in [0.2, 0.25) is 0 Å². The Balaban J connectivity index is 1.56. The van der Waals surface area contributed by atoms with E-state index in [1.54, 1.807) is 6.07 Å². The Labute approximate surface area is 136 Å². The number of hydrogen-bond donors (Lipinski definition) is 1. The zero-order valence-electron chi connectivity index (χ0n) is 14.1. The van der Waals surface area contributed by atoms with Crippen LogP contribution in [0.15, 0.2) is 10.5 Å². The average molecular weight is 319 g/mol. The van der Waals surface area contributed by atoms with Gasteiger partial charge in [0.25, 0.3) is 5.91 Å². The Morgan fingerprint density at radius 1 is 1.17 bits per heavy atom. The third kappa shape index (κ3) is 3.13. The second-order valence-corrected chi connectivity index (χ2v) is 6.65. The van der Waals surface area contributed by atoms with Crippen LogP contribution in [-0.4, -0.2) is 60.9 Å². The Morgan fingerprint density at radius 2 is 1.78 bits per heavy atom. The van der Waals surface area contributed by atoms with E-state index in [1.165, 1.54) is 0 Å². The van der Waals surface area contributed by atoms with E-state index < -0.39 is 0 Å². The Kier molecular flexibility index (Phi) is 4.43. The van der Waals surface area contributed by atoms with Gasteiger partial charge in [0.2, 0.25) is 5.91 Å². The molecule has 0 aliphatic carbocycles. The van der Waals surface area contributed by atoms with E-state index in [4.69, 9.17) is 4.42 Å². The largest absolute Gasteiger partial charge is 0.466 e. The standard InChI is InChI=1S/C17H25N3O3/c1-11-8-15(13(3)23-11)17(22)20-6-4-19(5-7-20)16(21)12(2)14-9-18-10-14/h8,12,14,18H,4-7,9-10H2,1-3H3. The summed E-state index contributed by atoms with van der Waals surface area (Å²) in [5.74, 6) is 2.16. The molecule has 6 heteroatoms. The van der Waals surface area contributed by atoms with E-state index in [0.29, 0.717) is 43.4 Å². The zero-order chi connectivity index (χ0) is 16.6. The van der Waals surface area contributed by atoms with Crippen molar-refractivity contribution in [2.24, 2.45) is 11.8 Å². The molecular formula is C17H25N3O3. The number of carbonyl (C=O) groups is 2. The van der Waals surface area contributed by atoms with Crippen LogP contribution in [0.5, 0.6) is 0 Å². The Bertz CT molecular complexity index is 598. The van der Waals surface area contributed by atoms with Crippen LogP contribution in [0.1, 0.15) is 28.8 Å². The fourth-order valence-corrected chi connectivity index (χ4v) is 3.30. The van der Waals surface area contributed by atoms with Crippen molar-refractivity contribution < 1.29 is 14.0 Å². The average Bonchev–Trinajstić information content (AvgIpc) is 2.83. The summed E-state index contributed by atoms with van der Waals surface area (Å²) < 4.78 is 5.44. The van der Waals surface area contributed by atoms with Crippen molar-refractivity contribution in [1.29, 1.82) is 0 Å². The third-order valence-corrected chi connectivity index (χ3v) is 5.06. The minimum Gasteiger partial charge on any atom is -0.466 e. The highest BCUT2D eigenvalue weighted by Gasteiger charge is 2.33. The highest BCUT2D eigenvalue weighted by atomic mass is 16.3. The SMILES string of the molecule is Cc1cc(C(=O)N2CCN(C(=O)C(C)C3CNC3)CC2)c(C)o1. The normalized spacial score (nSPS) is 20.3. The predicted octanol–water partition coefficient (Wildman–Crippen LogP) is 1.04. The summed E-state index contributed by atoms with van der Waals surface area (Å²) in [4.78, 5) is 28.8. The van der Waals surface area contributed by atoms with Crippen LogP contribution < -0.4 is 5.32 Å². The summed E-state index contributed by atoms with van der Waals surface area (Å²) in [5.41, 5.74) is 0.635. The van der Waals surface area contributed by atoms with Gasteiger partial charge >= 0.3 is 0 Å². The molecule has 1 aromatic rings. The summed E-state index contributed by atoms with van der Waals surface area (Å²) in [7, 11) is 0. The number of nitrogens with zero attached hydrogens (tertiary/aromatic N) is 2. The summed E-state index contributed by atoms with van der Waals surface area (Å²) in [6.07, 6.45) is 0. The molecule has 0 radical (unpaired) electrons. The molecule has 3 rings (SSSR count). The summed E-state index contributed by atoms with van der Waals surface area (Å²) in [6, 6.07) is 1.79. The van der Waals surface area contributed by atoms with Crippen LogP contribution in [0, 0.1) is 25.7 Å². The maximum absolute atomic E-state index is 12.6. The minimum absolute atomic E-state index is 0.00249. The smallest absolute Gasteiger partial charge is 0.257 e. The number of aryl methyl sites for hydroxylation is 2. The maximum atomic E-state index is 12.6. The number of furan rings is 1. The van der Waals surface area contributed by atoms with Crippen LogP contribution >= 0.6 is 0 Å². The van der Waals surface area contributed by atoms with Crippen LogP contribution in [0.4, 0.5) is 0 Å². The van der Waals surface area contributed by atoms with E-state index in [-0.39, 0.29) is 17.7 Å². The predicted molar refractivity (Wildman–Crippen MR) is 86.2 cm³/mol. The molecule has 0 spiro atoms. The minimum atomic E-state index is 0.00249. The molecule has 0 bridgehead atoms. The van der Waals surface area contributed by atoms with Crippen molar-refractivity contribution in [3.63, 3.8) is 0 Å². The molecule has 2 amide bonds. The molecule has 2 aliphatic heterocycles. The molecule has 2 aliphatic rings. The number of hydrogen-bond acceptors (Lipinski definition) is 4. The second-order valence-electron chi connectivity index (χ2n) is 6.65. The topological polar surface area (TPSA) is 65.8 Å². The molecule has 2 saturated heterocycles. The molecule has 3 heterocycles. The first-order chi connectivity index (χ1) is 11.0. The van der Waals surface area contributed by atoms with Gasteiger partial charge in [-0.1, -0.05) is 6.92 Å². The molecule has 1 unspecified atom stereocenters. The van der Waals surface area contributed by atoms with Crippen molar-refractivity contribution in [2.45, 2.75) is 20.8 Å². The van der Waals surface area contributed by atoms with Crippen molar-refractivity contribution in [2.75, 3.05) is 39.3 Å². The van der Waals surface area contributed by atoms with Gasteiger partial charge in [0, 0.05) is 32.1 Å². The van der Waals surface area contributed by atoms with E-state index >= 15 is 0 Å². The van der Waals surface area contributed by atoms with Crippen LogP contribution in [0.3, 0.4) is 0 Å². The monoisotopic (exact) mass is 319 g/mol. The van der Waals surface area contributed by atoms with E-state index in [9.17, 15) is 9.59 Å². The van der Waals surface area contributed by atoms with Gasteiger partial charge in [0.15, 0.2) is 0 Å². The lowest BCUT2D eigenvalue weighted by molar-refractivity contribution is -0.138. The van der Waals surface area contributed by atoms with E-state index in [0.717, 1.165) is 18.8 Å². The fourth-order valence-electron chi connectivity index (χ4n) is 3.30. The van der Waals surface area contributed by atoms with Gasteiger partial charge in [-0.25, -0.2) is 0 Å². The lowest BCUT2D eigenvalue weighted by Gasteiger charge is -2.39. The van der Waals surface area contributed by atoms with E-state index in [1.807, 2.05) is 30.6 Å². The number of nitrogens with one attached hydrogen (secondary N) is 1. The molecule has 0 saturated carbocycles. The first kappa shape index (κ1) is 16.1. The highest BCUT2D eigenvalue weighted by Crippen LogP contribution is 2.21. The Morgan fingerprint density at radius 3 is 2.26 bits per heavy atom. The van der Waals surface area contributed by atoms with Crippen LogP contribution in [-0.2, 0) is 4.79 Å². The van der Waals surface area contributed by atoms with Crippen molar-refractivity contribution in [3.05, 3.63) is 23.2 Å².